The van der Waals surface area contributed by atoms with E-state index in [2.05, 4.69) is 21.8 Å². The van der Waals surface area contributed by atoms with Crippen LogP contribution in [-0.2, 0) is 7.05 Å². The molecule has 1 fully saturated rings. The molecule has 6 nitrogen and oxygen atoms in total. The lowest BCUT2D eigenvalue weighted by atomic mass is 10.1. The normalized spacial score (nSPS) is 19.0. The van der Waals surface area contributed by atoms with Gasteiger partial charge in [-0.2, -0.15) is 0 Å². The number of pyridine rings is 1. The van der Waals surface area contributed by atoms with Gasteiger partial charge in [0.25, 0.3) is 5.56 Å². The molecule has 1 unspecified atom stereocenters. The monoisotopic (exact) mass is 327 g/mol. The molecule has 3 rings (SSSR count). The Morgan fingerprint density at radius 1 is 1.17 bits per heavy atom. The van der Waals surface area contributed by atoms with Crippen LogP contribution in [0.25, 0.3) is 11.3 Å². The molecule has 0 amide bonds. The van der Waals surface area contributed by atoms with Crippen LogP contribution >= 0.6 is 0 Å². The zero-order valence-corrected chi connectivity index (χ0v) is 14.6. The zero-order valence-electron chi connectivity index (χ0n) is 14.6. The van der Waals surface area contributed by atoms with Crippen molar-refractivity contribution in [2.24, 2.45) is 7.05 Å². The molecule has 2 aromatic rings. The van der Waals surface area contributed by atoms with Crippen LogP contribution in [0.5, 0.6) is 0 Å². The fourth-order valence-corrected chi connectivity index (χ4v) is 3.29. The highest BCUT2D eigenvalue weighted by atomic mass is 16.1. The summed E-state index contributed by atoms with van der Waals surface area (Å²) in [4.78, 5) is 25.8. The molecule has 2 aromatic heterocycles. The fourth-order valence-electron chi connectivity index (χ4n) is 3.29. The van der Waals surface area contributed by atoms with Crippen LogP contribution in [0, 0.1) is 0 Å². The van der Waals surface area contributed by atoms with E-state index >= 15 is 0 Å². The van der Waals surface area contributed by atoms with E-state index in [0.717, 1.165) is 37.4 Å². The van der Waals surface area contributed by atoms with Crippen LogP contribution < -0.4 is 10.5 Å². The summed E-state index contributed by atoms with van der Waals surface area (Å²) in [6.45, 7) is 2.21. The maximum Gasteiger partial charge on any atom is 0.255 e. The van der Waals surface area contributed by atoms with E-state index in [1.807, 2.05) is 19.2 Å². The lowest BCUT2D eigenvalue weighted by Gasteiger charge is -2.29. The van der Waals surface area contributed by atoms with E-state index < -0.39 is 0 Å². The minimum atomic E-state index is -0.0376. The number of rotatable bonds is 3. The summed E-state index contributed by atoms with van der Waals surface area (Å²) in [6.07, 6.45) is 6.82. The van der Waals surface area contributed by atoms with Crippen molar-refractivity contribution in [2.45, 2.75) is 25.3 Å². The van der Waals surface area contributed by atoms with Gasteiger partial charge in [0.1, 0.15) is 0 Å². The Bertz CT molecular complexity index is 743. The molecule has 1 aliphatic rings. The number of hydrogen-bond donors (Lipinski definition) is 0. The Kier molecular flexibility index (Phi) is 4.94. The van der Waals surface area contributed by atoms with Crippen molar-refractivity contribution in [3.05, 3.63) is 40.9 Å². The van der Waals surface area contributed by atoms with Crippen molar-refractivity contribution in [3.63, 3.8) is 0 Å². The topological polar surface area (TPSA) is 54.3 Å². The van der Waals surface area contributed by atoms with Crippen LogP contribution in [0.1, 0.15) is 19.3 Å². The number of anilines is 1. The Balaban J connectivity index is 1.94. The molecule has 0 N–H and O–H groups in total. The summed E-state index contributed by atoms with van der Waals surface area (Å²) in [7, 11) is 6.01. The van der Waals surface area contributed by atoms with Crippen LogP contribution in [-0.4, -0.2) is 52.7 Å². The zero-order chi connectivity index (χ0) is 17.1. The SMILES string of the molecule is CN1CCCC(N(C)c2nc(-c3ccncc3)cc(=O)n2C)CC1. The predicted octanol–water partition coefficient (Wildman–Crippen LogP) is 1.76. The quantitative estimate of drug-likeness (QED) is 0.860. The first-order chi connectivity index (χ1) is 11.6. The minimum absolute atomic E-state index is 0.0376. The summed E-state index contributed by atoms with van der Waals surface area (Å²) < 4.78 is 1.64. The van der Waals surface area contributed by atoms with Gasteiger partial charge in [0, 0.05) is 44.2 Å². The predicted molar refractivity (Wildman–Crippen MR) is 96.2 cm³/mol. The van der Waals surface area contributed by atoms with Crippen molar-refractivity contribution in [1.29, 1.82) is 0 Å². The van der Waals surface area contributed by atoms with Crippen molar-refractivity contribution in [3.8, 4) is 11.3 Å². The second-order valence-corrected chi connectivity index (χ2v) is 6.57. The average Bonchev–Trinajstić information content (AvgIpc) is 2.82. The molecular weight excluding hydrogens is 302 g/mol. The molecule has 0 saturated carbocycles. The van der Waals surface area contributed by atoms with Gasteiger partial charge in [0.15, 0.2) is 0 Å². The standard InChI is InChI=1S/C18H25N5O/c1-21-11-4-5-15(8-12-21)22(2)18-20-16(13-17(24)23(18)3)14-6-9-19-10-7-14/h6-7,9-10,13,15H,4-5,8,11-12H2,1-3H3. The maximum absolute atomic E-state index is 12.4. The molecule has 24 heavy (non-hydrogen) atoms. The van der Waals surface area contributed by atoms with Crippen molar-refractivity contribution in [1.82, 2.24) is 19.4 Å². The molecule has 128 valence electrons. The Morgan fingerprint density at radius 2 is 1.92 bits per heavy atom. The van der Waals surface area contributed by atoms with Gasteiger partial charge in [-0.05, 0) is 51.5 Å². The van der Waals surface area contributed by atoms with Crippen LogP contribution in [0.4, 0.5) is 5.95 Å². The number of nitrogens with zero attached hydrogens (tertiary/aromatic N) is 5. The van der Waals surface area contributed by atoms with E-state index in [0.29, 0.717) is 11.7 Å². The van der Waals surface area contributed by atoms with E-state index in [1.165, 1.54) is 6.42 Å². The molecule has 0 aliphatic carbocycles. The first-order valence-corrected chi connectivity index (χ1v) is 8.46. The van der Waals surface area contributed by atoms with Gasteiger partial charge in [-0.15, -0.1) is 0 Å². The van der Waals surface area contributed by atoms with Crippen molar-refractivity contribution >= 4 is 5.95 Å². The molecule has 1 aliphatic heterocycles. The van der Waals surface area contributed by atoms with Crippen molar-refractivity contribution < 1.29 is 0 Å². The lowest BCUT2D eigenvalue weighted by Crippen LogP contribution is -2.37. The Labute approximate surface area is 142 Å². The third kappa shape index (κ3) is 3.48. The molecule has 0 radical (unpaired) electrons. The van der Waals surface area contributed by atoms with E-state index in [4.69, 9.17) is 4.98 Å². The maximum atomic E-state index is 12.4. The molecule has 3 heterocycles. The van der Waals surface area contributed by atoms with Crippen LogP contribution in [0.3, 0.4) is 0 Å². The van der Waals surface area contributed by atoms with Gasteiger partial charge in [0.05, 0.1) is 5.69 Å². The molecule has 0 spiro atoms. The summed E-state index contributed by atoms with van der Waals surface area (Å²) in [5.74, 6) is 0.726. The number of aromatic nitrogens is 3. The number of likely N-dealkylation sites (tertiary alicyclic amines) is 1. The first kappa shape index (κ1) is 16.6. The highest BCUT2D eigenvalue weighted by molar-refractivity contribution is 5.59. The van der Waals surface area contributed by atoms with E-state index in [9.17, 15) is 4.79 Å². The molecule has 0 aromatic carbocycles. The third-order valence-electron chi connectivity index (χ3n) is 4.87. The first-order valence-electron chi connectivity index (χ1n) is 8.46. The van der Waals surface area contributed by atoms with Crippen molar-refractivity contribution in [2.75, 3.05) is 32.1 Å². The molecule has 1 saturated heterocycles. The van der Waals surface area contributed by atoms with Gasteiger partial charge in [-0.25, -0.2) is 4.98 Å². The van der Waals surface area contributed by atoms with Gasteiger partial charge in [-0.3, -0.25) is 14.3 Å². The largest absolute Gasteiger partial charge is 0.342 e. The van der Waals surface area contributed by atoms with Gasteiger partial charge in [-0.1, -0.05) is 0 Å². The highest BCUT2D eigenvalue weighted by Gasteiger charge is 2.22. The summed E-state index contributed by atoms with van der Waals surface area (Å²) in [6, 6.07) is 5.76. The van der Waals surface area contributed by atoms with Crippen LogP contribution in [0.2, 0.25) is 0 Å². The Morgan fingerprint density at radius 3 is 2.67 bits per heavy atom. The van der Waals surface area contributed by atoms with Gasteiger partial charge in [0.2, 0.25) is 5.95 Å². The second kappa shape index (κ2) is 7.13. The smallest absolute Gasteiger partial charge is 0.255 e. The summed E-state index contributed by atoms with van der Waals surface area (Å²) in [5.41, 5.74) is 1.58. The molecular formula is C18H25N5O. The minimum Gasteiger partial charge on any atom is -0.342 e. The Hall–Kier alpha value is -2.21. The van der Waals surface area contributed by atoms with E-state index in [-0.39, 0.29) is 5.56 Å². The fraction of sp³-hybridized carbons (Fsp3) is 0.500. The lowest BCUT2D eigenvalue weighted by molar-refractivity contribution is 0.347. The summed E-state index contributed by atoms with van der Waals surface area (Å²) in [5, 5.41) is 0. The molecule has 0 bridgehead atoms. The second-order valence-electron chi connectivity index (χ2n) is 6.57. The molecule has 6 heteroatoms. The van der Waals surface area contributed by atoms with Crippen LogP contribution in [0.15, 0.2) is 35.4 Å². The average molecular weight is 327 g/mol. The third-order valence-corrected chi connectivity index (χ3v) is 4.87. The van der Waals surface area contributed by atoms with E-state index in [1.54, 1.807) is 30.1 Å². The highest BCUT2D eigenvalue weighted by Crippen LogP contribution is 2.22. The van der Waals surface area contributed by atoms with Gasteiger partial charge >= 0.3 is 0 Å². The molecule has 1 atom stereocenters. The van der Waals surface area contributed by atoms with Gasteiger partial charge < -0.3 is 9.80 Å². The number of hydrogen-bond acceptors (Lipinski definition) is 5. The summed E-state index contributed by atoms with van der Waals surface area (Å²) >= 11 is 0.